The van der Waals surface area contributed by atoms with Gasteiger partial charge in [0, 0.05) is 17.2 Å². The Morgan fingerprint density at radius 3 is 2.93 bits per heavy atom. The fourth-order valence-corrected chi connectivity index (χ4v) is 3.12. The summed E-state index contributed by atoms with van der Waals surface area (Å²) in [7, 11) is 0. The third kappa shape index (κ3) is 0.934. The number of nitrogens with two attached hydrogens (primary N) is 1. The fraction of sp³-hybridized carbons (Fsp3) is 0.727. The van der Waals surface area contributed by atoms with Crippen molar-refractivity contribution in [2.75, 3.05) is 6.54 Å². The van der Waals surface area contributed by atoms with Crippen LogP contribution in [0.25, 0.3) is 0 Å². The Hall–Kier alpha value is -0.830. The molecule has 1 aromatic rings. The molecule has 2 aliphatic rings. The molecule has 0 aliphatic heterocycles. The fourth-order valence-electron chi connectivity index (χ4n) is 3.12. The molecule has 3 N–H and O–H groups in total. The number of rotatable bonds is 1. The van der Waals surface area contributed by atoms with Gasteiger partial charge in [0.05, 0.1) is 5.69 Å². The molecule has 3 rings (SSSR count). The minimum Gasteiger partial charge on any atom is -0.330 e. The van der Waals surface area contributed by atoms with E-state index >= 15 is 0 Å². The monoisotopic (exact) mass is 191 g/mol. The van der Waals surface area contributed by atoms with Crippen molar-refractivity contribution < 1.29 is 0 Å². The van der Waals surface area contributed by atoms with E-state index in [1.54, 1.807) is 0 Å². The van der Waals surface area contributed by atoms with Gasteiger partial charge in [0.2, 0.25) is 0 Å². The summed E-state index contributed by atoms with van der Waals surface area (Å²) in [5.41, 5.74) is 10.4. The second-order valence-corrected chi connectivity index (χ2v) is 4.86. The van der Waals surface area contributed by atoms with Gasteiger partial charge in [-0.1, -0.05) is 0 Å². The first kappa shape index (κ1) is 8.48. The van der Waals surface area contributed by atoms with Crippen LogP contribution in [0.3, 0.4) is 0 Å². The van der Waals surface area contributed by atoms with E-state index in [0.717, 1.165) is 13.0 Å². The van der Waals surface area contributed by atoms with E-state index in [1.165, 1.54) is 36.2 Å². The van der Waals surface area contributed by atoms with E-state index in [2.05, 4.69) is 17.1 Å². The number of aromatic nitrogens is 2. The molecule has 1 saturated carbocycles. The van der Waals surface area contributed by atoms with Crippen molar-refractivity contribution in [2.45, 2.75) is 38.5 Å². The predicted octanol–water partition coefficient (Wildman–Crippen LogP) is 1.49. The Balaban J connectivity index is 2.09. The zero-order chi connectivity index (χ0) is 9.76. The molecule has 1 aromatic heterocycles. The molecule has 0 amide bonds. The van der Waals surface area contributed by atoms with Crippen LogP contribution in [0.4, 0.5) is 0 Å². The molecule has 1 unspecified atom stereocenters. The van der Waals surface area contributed by atoms with Crippen molar-refractivity contribution in [3.8, 4) is 0 Å². The number of aromatic amines is 1. The maximum atomic E-state index is 5.92. The Morgan fingerprint density at radius 1 is 1.50 bits per heavy atom. The highest BCUT2D eigenvalue weighted by molar-refractivity contribution is 5.36. The first-order valence-corrected chi connectivity index (χ1v) is 5.51. The van der Waals surface area contributed by atoms with Gasteiger partial charge >= 0.3 is 0 Å². The first-order valence-electron chi connectivity index (χ1n) is 5.51. The van der Waals surface area contributed by atoms with Gasteiger partial charge in [-0.05, 0) is 44.6 Å². The highest BCUT2D eigenvalue weighted by atomic mass is 15.1. The third-order valence-corrected chi connectivity index (χ3v) is 4.15. The molecule has 1 heterocycles. The van der Waals surface area contributed by atoms with Crippen LogP contribution >= 0.6 is 0 Å². The zero-order valence-corrected chi connectivity index (χ0v) is 8.64. The van der Waals surface area contributed by atoms with E-state index in [9.17, 15) is 0 Å². The number of hydrogen-bond donors (Lipinski definition) is 2. The number of aryl methyl sites for hydroxylation is 2. The molecule has 3 heteroatoms. The van der Waals surface area contributed by atoms with Crippen LogP contribution in [-0.2, 0) is 6.42 Å². The van der Waals surface area contributed by atoms with Crippen molar-refractivity contribution in [2.24, 2.45) is 11.1 Å². The minimum atomic E-state index is 0.566. The molecule has 1 atom stereocenters. The van der Waals surface area contributed by atoms with Gasteiger partial charge < -0.3 is 5.73 Å². The van der Waals surface area contributed by atoms with E-state index in [-0.39, 0.29) is 0 Å². The molecule has 0 bridgehead atoms. The largest absolute Gasteiger partial charge is 0.330 e. The average Bonchev–Trinajstić information content (AvgIpc) is 2.86. The molecule has 1 spiro atoms. The van der Waals surface area contributed by atoms with Crippen molar-refractivity contribution in [3.63, 3.8) is 0 Å². The second-order valence-electron chi connectivity index (χ2n) is 4.86. The van der Waals surface area contributed by atoms with Crippen molar-refractivity contribution in [1.82, 2.24) is 10.2 Å². The summed E-state index contributed by atoms with van der Waals surface area (Å²) in [6.07, 6.45) is 5.19. The normalized spacial score (nSPS) is 27.7. The summed E-state index contributed by atoms with van der Waals surface area (Å²) in [6, 6.07) is 0. The summed E-state index contributed by atoms with van der Waals surface area (Å²) < 4.78 is 0. The van der Waals surface area contributed by atoms with Gasteiger partial charge in [0.25, 0.3) is 0 Å². The van der Waals surface area contributed by atoms with Crippen LogP contribution in [-0.4, -0.2) is 16.7 Å². The minimum absolute atomic E-state index is 0.566. The van der Waals surface area contributed by atoms with Gasteiger partial charge in [0.1, 0.15) is 0 Å². The van der Waals surface area contributed by atoms with Crippen molar-refractivity contribution in [1.29, 1.82) is 0 Å². The summed E-state index contributed by atoms with van der Waals surface area (Å²) >= 11 is 0. The molecular weight excluding hydrogens is 174 g/mol. The lowest BCUT2D eigenvalue weighted by atomic mass is 9.74. The summed E-state index contributed by atoms with van der Waals surface area (Å²) in [4.78, 5) is 0. The molecule has 1 fully saturated rings. The van der Waals surface area contributed by atoms with E-state index in [1.807, 2.05) is 0 Å². The Morgan fingerprint density at radius 2 is 2.29 bits per heavy atom. The number of H-pyrrole nitrogens is 1. The molecule has 0 aromatic carbocycles. The van der Waals surface area contributed by atoms with Gasteiger partial charge in [-0.15, -0.1) is 0 Å². The smallest absolute Gasteiger partial charge is 0.0660 e. The summed E-state index contributed by atoms with van der Waals surface area (Å²) in [6.45, 7) is 2.91. The topological polar surface area (TPSA) is 54.7 Å². The molecule has 76 valence electrons. The van der Waals surface area contributed by atoms with Crippen LogP contribution in [0, 0.1) is 12.3 Å². The van der Waals surface area contributed by atoms with Crippen LogP contribution in [0.5, 0.6) is 0 Å². The Labute approximate surface area is 84.1 Å². The van der Waals surface area contributed by atoms with Crippen LogP contribution < -0.4 is 5.73 Å². The number of nitrogens with one attached hydrogen (secondary N) is 1. The molecular formula is C11H17N3. The van der Waals surface area contributed by atoms with Crippen molar-refractivity contribution in [3.05, 3.63) is 17.0 Å². The second kappa shape index (κ2) is 2.60. The maximum absolute atomic E-state index is 5.92. The van der Waals surface area contributed by atoms with E-state index < -0.39 is 0 Å². The molecule has 0 radical (unpaired) electrons. The number of fused-ring (bicyclic) bond motifs is 1. The average molecular weight is 191 g/mol. The summed E-state index contributed by atoms with van der Waals surface area (Å²) in [5, 5.41) is 7.47. The first-order chi connectivity index (χ1) is 6.77. The molecule has 3 nitrogen and oxygen atoms in total. The van der Waals surface area contributed by atoms with Crippen molar-refractivity contribution >= 4 is 0 Å². The van der Waals surface area contributed by atoms with Crippen LogP contribution in [0.2, 0.25) is 0 Å². The van der Waals surface area contributed by atoms with Gasteiger partial charge in [-0.25, -0.2) is 0 Å². The predicted molar refractivity (Wildman–Crippen MR) is 55.1 cm³/mol. The summed E-state index contributed by atoms with van der Waals surface area (Å²) in [5.74, 6) is 0.574. The maximum Gasteiger partial charge on any atom is 0.0660 e. The highest BCUT2D eigenvalue weighted by Gasteiger charge is 2.52. The van der Waals surface area contributed by atoms with Gasteiger partial charge in [0.15, 0.2) is 0 Å². The van der Waals surface area contributed by atoms with E-state index in [4.69, 9.17) is 5.73 Å². The zero-order valence-electron chi connectivity index (χ0n) is 8.64. The number of hydrogen-bond acceptors (Lipinski definition) is 2. The molecule has 2 aliphatic carbocycles. The lowest BCUT2D eigenvalue weighted by Gasteiger charge is -2.30. The Bertz CT molecular complexity index is 363. The Kier molecular flexibility index (Phi) is 1.57. The van der Waals surface area contributed by atoms with E-state index in [0.29, 0.717) is 11.3 Å². The highest BCUT2D eigenvalue weighted by Crippen LogP contribution is 2.61. The third-order valence-electron chi connectivity index (χ3n) is 4.15. The quantitative estimate of drug-likeness (QED) is 0.706. The van der Waals surface area contributed by atoms with Gasteiger partial charge in [-0.3, -0.25) is 5.10 Å². The molecule has 0 saturated heterocycles. The van der Waals surface area contributed by atoms with Crippen LogP contribution in [0.1, 0.15) is 42.1 Å². The SMILES string of the molecule is Cc1[nH]nc2c1C(CN)C1(CC2)CC1. The lowest BCUT2D eigenvalue weighted by molar-refractivity contribution is 0.350. The standard InChI is InChI=1S/C11H17N3/c1-7-10-8(6-12)11(4-5-11)3-2-9(10)14-13-7/h8H,2-6,12H2,1H3,(H,13,14). The van der Waals surface area contributed by atoms with Crippen LogP contribution in [0.15, 0.2) is 0 Å². The lowest BCUT2D eigenvalue weighted by Crippen LogP contribution is -2.28. The van der Waals surface area contributed by atoms with Gasteiger partial charge in [-0.2, -0.15) is 5.10 Å². The number of nitrogens with zero attached hydrogens (tertiary/aromatic N) is 1. The molecule has 14 heavy (non-hydrogen) atoms.